The number of carboxylic acids is 1. The van der Waals surface area contributed by atoms with E-state index in [1.54, 1.807) is 0 Å². The number of rotatable bonds is 3. The molecule has 1 fully saturated rings. The molecule has 1 aliphatic rings. The first-order valence-electron chi connectivity index (χ1n) is 6.14. The smallest absolute Gasteiger partial charge is 0.325 e. The zero-order valence-electron chi connectivity index (χ0n) is 10.4. The second-order valence-electron chi connectivity index (χ2n) is 4.77. The minimum atomic E-state index is -0.736. The highest BCUT2D eigenvalue weighted by atomic mass is 16.4. The van der Waals surface area contributed by atoms with Crippen LogP contribution < -0.4 is 0 Å². The predicted octanol–water partition coefficient (Wildman–Crippen LogP) is 2.52. The van der Waals surface area contributed by atoms with Gasteiger partial charge < -0.3 is 5.11 Å². The molecule has 17 heavy (non-hydrogen) atoms. The summed E-state index contributed by atoms with van der Waals surface area (Å²) in [6, 6.07) is 5.45. The normalized spacial score (nSPS) is 18.2. The number of carboxylic acid groups (broad SMARTS) is 1. The molecular formula is C14H19NO2. The fourth-order valence-electron chi connectivity index (χ4n) is 2.56. The lowest BCUT2D eigenvalue weighted by Crippen LogP contribution is -2.32. The van der Waals surface area contributed by atoms with Crippen molar-refractivity contribution in [2.24, 2.45) is 0 Å². The van der Waals surface area contributed by atoms with E-state index in [0.29, 0.717) is 0 Å². The second kappa shape index (κ2) is 4.88. The molecule has 92 valence electrons. The SMILES string of the molecule is Cc1cccc(C(C(=O)O)N2CCCC2)c1C. The minimum absolute atomic E-state index is 0.475. The van der Waals surface area contributed by atoms with Crippen molar-refractivity contribution in [3.05, 3.63) is 34.9 Å². The van der Waals surface area contributed by atoms with Crippen LogP contribution in [0.25, 0.3) is 0 Å². The van der Waals surface area contributed by atoms with Crippen molar-refractivity contribution in [3.63, 3.8) is 0 Å². The van der Waals surface area contributed by atoms with Crippen molar-refractivity contribution in [2.45, 2.75) is 32.7 Å². The third-order valence-electron chi connectivity index (χ3n) is 3.68. The molecule has 3 nitrogen and oxygen atoms in total. The van der Waals surface area contributed by atoms with Crippen LogP contribution in [0.3, 0.4) is 0 Å². The van der Waals surface area contributed by atoms with Crippen molar-refractivity contribution in [1.82, 2.24) is 4.90 Å². The highest BCUT2D eigenvalue weighted by Crippen LogP contribution is 2.28. The van der Waals surface area contributed by atoms with Crippen molar-refractivity contribution in [1.29, 1.82) is 0 Å². The molecular weight excluding hydrogens is 214 g/mol. The van der Waals surface area contributed by atoms with Gasteiger partial charge in [0.1, 0.15) is 6.04 Å². The molecule has 0 bridgehead atoms. The molecule has 0 saturated carbocycles. The molecule has 1 aromatic carbocycles. The fourth-order valence-corrected chi connectivity index (χ4v) is 2.56. The van der Waals surface area contributed by atoms with Crippen LogP contribution in [0.4, 0.5) is 0 Å². The molecule has 2 rings (SSSR count). The Hall–Kier alpha value is -1.35. The quantitative estimate of drug-likeness (QED) is 0.872. The zero-order chi connectivity index (χ0) is 12.4. The van der Waals surface area contributed by atoms with Crippen LogP contribution in [0, 0.1) is 13.8 Å². The number of likely N-dealkylation sites (tertiary alicyclic amines) is 1. The predicted molar refractivity (Wildman–Crippen MR) is 67.1 cm³/mol. The summed E-state index contributed by atoms with van der Waals surface area (Å²) in [6.07, 6.45) is 2.21. The van der Waals surface area contributed by atoms with E-state index < -0.39 is 12.0 Å². The first-order valence-corrected chi connectivity index (χ1v) is 6.14. The number of carbonyl (C=O) groups is 1. The number of aliphatic carboxylic acids is 1. The highest BCUT2D eigenvalue weighted by Gasteiger charge is 2.30. The van der Waals surface area contributed by atoms with Gasteiger partial charge in [-0.25, -0.2) is 0 Å². The van der Waals surface area contributed by atoms with Crippen molar-refractivity contribution < 1.29 is 9.90 Å². The van der Waals surface area contributed by atoms with Crippen LogP contribution in [0.1, 0.15) is 35.6 Å². The van der Waals surface area contributed by atoms with E-state index >= 15 is 0 Å². The van der Waals surface area contributed by atoms with E-state index in [4.69, 9.17) is 0 Å². The summed E-state index contributed by atoms with van der Waals surface area (Å²) in [5.74, 6) is -0.736. The molecule has 3 heteroatoms. The standard InChI is InChI=1S/C14H19NO2/c1-10-6-5-7-12(11(10)2)13(14(16)17)15-8-3-4-9-15/h5-7,13H,3-4,8-9H2,1-2H3,(H,16,17). The average Bonchev–Trinajstić information content (AvgIpc) is 2.77. The van der Waals surface area contributed by atoms with E-state index in [1.807, 2.05) is 32.0 Å². The van der Waals surface area contributed by atoms with Gasteiger partial charge in [0.25, 0.3) is 0 Å². The summed E-state index contributed by atoms with van der Waals surface area (Å²) in [6.45, 7) is 5.83. The fraction of sp³-hybridized carbons (Fsp3) is 0.500. The molecule has 0 radical (unpaired) electrons. The molecule has 1 aliphatic heterocycles. The molecule has 0 aliphatic carbocycles. The van der Waals surface area contributed by atoms with Gasteiger partial charge >= 0.3 is 5.97 Å². The van der Waals surface area contributed by atoms with Crippen LogP contribution in [-0.4, -0.2) is 29.1 Å². The lowest BCUT2D eigenvalue weighted by molar-refractivity contribution is -0.143. The monoisotopic (exact) mass is 233 g/mol. The third-order valence-corrected chi connectivity index (χ3v) is 3.68. The first-order chi connectivity index (χ1) is 8.11. The van der Waals surface area contributed by atoms with Crippen LogP contribution in [0.5, 0.6) is 0 Å². The molecule has 1 heterocycles. The van der Waals surface area contributed by atoms with Gasteiger partial charge in [-0.15, -0.1) is 0 Å². The Labute approximate surface area is 102 Å². The molecule has 1 N–H and O–H groups in total. The molecule has 1 aromatic rings. The molecule has 1 atom stereocenters. The maximum absolute atomic E-state index is 11.5. The Morgan fingerprint density at radius 1 is 1.29 bits per heavy atom. The van der Waals surface area contributed by atoms with Gasteiger partial charge in [0.2, 0.25) is 0 Å². The van der Waals surface area contributed by atoms with Crippen molar-refractivity contribution in [3.8, 4) is 0 Å². The lowest BCUT2D eigenvalue weighted by Gasteiger charge is -2.25. The van der Waals surface area contributed by atoms with Gasteiger partial charge in [-0.1, -0.05) is 18.2 Å². The Morgan fingerprint density at radius 3 is 2.53 bits per heavy atom. The average molecular weight is 233 g/mol. The minimum Gasteiger partial charge on any atom is -0.480 e. The number of benzene rings is 1. The summed E-state index contributed by atoms with van der Waals surface area (Å²) < 4.78 is 0. The van der Waals surface area contributed by atoms with Gasteiger partial charge in [0, 0.05) is 0 Å². The maximum Gasteiger partial charge on any atom is 0.325 e. The summed E-state index contributed by atoms with van der Waals surface area (Å²) in [5.41, 5.74) is 3.21. The van der Waals surface area contributed by atoms with E-state index in [1.165, 1.54) is 0 Å². The topological polar surface area (TPSA) is 40.5 Å². The molecule has 0 aromatic heterocycles. The number of aryl methyl sites for hydroxylation is 1. The van der Waals surface area contributed by atoms with Gasteiger partial charge in [-0.05, 0) is 56.5 Å². The summed E-state index contributed by atoms with van der Waals surface area (Å²) in [4.78, 5) is 13.6. The molecule has 1 unspecified atom stereocenters. The first kappa shape index (κ1) is 12.1. The molecule has 0 amide bonds. The van der Waals surface area contributed by atoms with E-state index in [2.05, 4.69) is 4.90 Å². The number of hydrogen-bond donors (Lipinski definition) is 1. The zero-order valence-corrected chi connectivity index (χ0v) is 10.4. The Morgan fingerprint density at radius 2 is 1.94 bits per heavy atom. The Kier molecular flexibility index (Phi) is 3.48. The third kappa shape index (κ3) is 2.34. The largest absolute Gasteiger partial charge is 0.480 e. The lowest BCUT2D eigenvalue weighted by atomic mass is 9.96. The summed E-state index contributed by atoms with van der Waals surface area (Å²) >= 11 is 0. The van der Waals surface area contributed by atoms with E-state index in [-0.39, 0.29) is 0 Å². The van der Waals surface area contributed by atoms with Gasteiger partial charge in [0.15, 0.2) is 0 Å². The molecule has 0 spiro atoms. The van der Waals surface area contributed by atoms with E-state index in [9.17, 15) is 9.90 Å². The van der Waals surface area contributed by atoms with Crippen molar-refractivity contribution in [2.75, 3.05) is 13.1 Å². The summed E-state index contributed by atoms with van der Waals surface area (Å²) in [5, 5.41) is 9.46. The van der Waals surface area contributed by atoms with Crippen LogP contribution >= 0.6 is 0 Å². The van der Waals surface area contributed by atoms with Gasteiger partial charge in [0.05, 0.1) is 0 Å². The number of nitrogens with zero attached hydrogens (tertiary/aromatic N) is 1. The van der Waals surface area contributed by atoms with E-state index in [0.717, 1.165) is 42.6 Å². The maximum atomic E-state index is 11.5. The van der Waals surface area contributed by atoms with Crippen LogP contribution in [-0.2, 0) is 4.79 Å². The van der Waals surface area contributed by atoms with Crippen LogP contribution in [0.2, 0.25) is 0 Å². The van der Waals surface area contributed by atoms with Gasteiger partial charge in [-0.3, -0.25) is 9.69 Å². The number of hydrogen-bond acceptors (Lipinski definition) is 2. The van der Waals surface area contributed by atoms with Crippen molar-refractivity contribution >= 4 is 5.97 Å². The highest BCUT2D eigenvalue weighted by molar-refractivity contribution is 5.76. The Balaban J connectivity index is 2.38. The molecule has 1 saturated heterocycles. The second-order valence-corrected chi connectivity index (χ2v) is 4.77. The Bertz CT molecular complexity index is 422. The van der Waals surface area contributed by atoms with Gasteiger partial charge in [-0.2, -0.15) is 0 Å². The summed E-state index contributed by atoms with van der Waals surface area (Å²) in [7, 11) is 0. The van der Waals surface area contributed by atoms with Crippen LogP contribution in [0.15, 0.2) is 18.2 Å².